The minimum absolute atomic E-state index is 0.0622. The van der Waals surface area contributed by atoms with Gasteiger partial charge in [-0.15, -0.1) is 0 Å². The minimum atomic E-state index is -0.195. The Balaban J connectivity index is 2.14. The summed E-state index contributed by atoms with van der Waals surface area (Å²) in [6, 6.07) is 6.27. The largest absolute Gasteiger partial charge is 0.508 e. The lowest BCUT2D eigenvalue weighted by Gasteiger charge is -2.06. The molecular formula is C20H25NO4. The number of hydrogen-bond acceptors (Lipinski definition) is 4. The summed E-state index contributed by atoms with van der Waals surface area (Å²) in [5.41, 5.74) is 2.19. The summed E-state index contributed by atoms with van der Waals surface area (Å²) in [6.45, 7) is 6.93. The van der Waals surface area contributed by atoms with Gasteiger partial charge in [-0.05, 0) is 49.1 Å². The molecular weight excluding hydrogens is 318 g/mol. The van der Waals surface area contributed by atoms with Crippen molar-refractivity contribution < 1.29 is 19.4 Å². The Morgan fingerprint density at radius 1 is 1.16 bits per heavy atom. The molecule has 1 aromatic heterocycles. The molecule has 2 aromatic rings. The van der Waals surface area contributed by atoms with Crippen molar-refractivity contribution in [3.8, 4) is 5.75 Å². The molecule has 1 heterocycles. The molecule has 0 saturated heterocycles. The number of benzene rings is 1. The summed E-state index contributed by atoms with van der Waals surface area (Å²) in [4.78, 5) is 24.2. The van der Waals surface area contributed by atoms with E-state index in [4.69, 9.17) is 4.74 Å². The number of rotatable bonds is 8. The van der Waals surface area contributed by atoms with Crippen LogP contribution in [0.5, 0.6) is 5.75 Å². The van der Waals surface area contributed by atoms with Crippen LogP contribution in [0.25, 0.3) is 0 Å². The fourth-order valence-corrected chi connectivity index (χ4v) is 2.71. The number of esters is 1. The van der Waals surface area contributed by atoms with Crippen LogP contribution in [-0.2, 0) is 16.1 Å². The second-order valence-electron chi connectivity index (χ2n) is 6.30. The van der Waals surface area contributed by atoms with Gasteiger partial charge in [0.05, 0.1) is 6.61 Å². The number of carbonyl (C=O) groups is 2. The van der Waals surface area contributed by atoms with Gasteiger partial charge in [-0.25, -0.2) is 0 Å². The molecule has 0 spiro atoms. The molecule has 0 aliphatic heterocycles. The molecule has 0 amide bonds. The Hall–Kier alpha value is -2.56. The fourth-order valence-electron chi connectivity index (χ4n) is 2.71. The third-order valence-corrected chi connectivity index (χ3v) is 4.01. The molecule has 134 valence electrons. The molecule has 25 heavy (non-hydrogen) atoms. The van der Waals surface area contributed by atoms with E-state index in [9.17, 15) is 14.7 Å². The van der Waals surface area contributed by atoms with Gasteiger partial charge in [0.15, 0.2) is 5.78 Å². The first-order chi connectivity index (χ1) is 11.9. The van der Waals surface area contributed by atoms with E-state index in [1.54, 1.807) is 19.1 Å². The maximum atomic E-state index is 12.8. The van der Waals surface area contributed by atoms with Gasteiger partial charge < -0.3 is 14.4 Å². The van der Waals surface area contributed by atoms with E-state index < -0.39 is 0 Å². The quantitative estimate of drug-likeness (QED) is 0.583. The van der Waals surface area contributed by atoms with E-state index >= 15 is 0 Å². The Morgan fingerprint density at radius 2 is 1.84 bits per heavy atom. The molecule has 0 aliphatic carbocycles. The number of aryl methyl sites for hydroxylation is 1. The zero-order chi connectivity index (χ0) is 18.4. The van der Waals surface area contributed by atoms with Crippen molar-refractivity contribution in [2.75, 3.05) is 6.61 Å². The standard InChI is InChI=1S/C20H25NO4/c1-4-25-19(23)6-5-11-21-12-17(14(2)3)18(13-21)20(24)15-7-9-16(22)10-8-15/h7-10,12-14,22H,4-6,11H2,1-3H3. The van der Waals surface area contributed by atoms with Crippen molar-refractivity contribution in [1.82, 2.24) is 4.57 Å². The smallest absolute Gasteiger partial charge is 0.305 e. The predicted molar refractivity (Wildman–Crippen MR) is 95.9 cm³/mol. The maximum Gasteiger partial charge on any atom is 0.305 e. The van der Waals surface area contributed by atoms with Gasteiger partial charge in [-0.2, -0.15) is 0 Å². The molecule has 0 atom stereocenters. The van der Waals surface area contributed by atoms with Crippen LogP contribution in [0.2, 0.25) is 0 Å². The van der Waals surface area contributed by atoms with Gasteiger partial charge in [0.25, 0.3) is 0 Å². The third kappa shape index (κ3) is 4.95. The Kier molecular flexibility index (Phi) is 6.39. The van der Waals surface area contributed by atoms with Crippen LogP contribution in [0.3, 0.4) is 0 Å². The van der Waals surface area contributed by atoms with Crippen LogP contribution < -0.4 is 0 Å². The van der Waals surface area contributed by atoms with E-state index in [1.165, 1.54) is 12.1 Å². The average molecular weight is 343 g/mol. The highest BCUT2D eigenvalue weighted by molar-refractivity contribution is 6.10. The number of phenolic OH excluding ortho intramolecular Hbond substituents is 1. The molecule has 5 nitrogen and oxygen atoms in total. The summed E-state index contributed by atoms with van der Waals surface area (Å²) in [5.74, 6) is 0.0894. The Labute approximate surface area is 148 Å². The normalized spacial score (nSPS) is 10.9. The predicted octanol–water partition coefficient (Wildman–Crippen LogP) is 3.89. The molecule has 0 radical (unpaired) electrons. The number of ether oxygens (including phenoxy) is 1. The molecule has 0 aliphatic rings. The molecule has 0 fully saturated rings. The molecule has 1 N–H and O–H groups in total. The highest BCUT2D eigenvalue weighted by Crippen LogP contribution is 2.24. The zero-order valence-electron chi connectivity index (χ0n) is 15.0. The number of carbonyl (C=O) groups excluding carboxylic acids is 2. The Bertz CT molecular complexity index is 729. The summed E-state index contributed by atoms with van der Waals surface area (Å²) in [6.07, 6.45) is 4.85. The number of nitrogens with zero attached hydrogens (tertiary/aromatic N) is 1. The first-order valence-corrected chi connectivity index (χ1v) is 8.61. The molecule has 5 heteroatoms. The van der Waals surface area contributed by atoms with Crippen molar-refractivity contribution in [3.05, 3.63) is 53.3 Å². The SMILES string of the molecule is CCOC(=O)CCCn1cc(C(=O)c2ccc(O)cc2)c(C(C)C)c1. The van der Waals surface area contributed by atoms with E-state index in [-0.39, 0.29) is 23.4 Å². The van der Waals surface area contributed by atoms with Crippen LogP contribution in [-0.4, -0.2) is 28.0 Å². The van der Waals surface area contributed by atoms with Gasteiger partial charge in [-0.3, -0.25) is 9.59 Å². The number of aromatic hydroxyl groups is 1. The molecule has 0 unspecified atom stereocenters. The van der Waals surface area contributed by atoms with E-state index in [2.05, 4.69) is 0 Å². The van der Waals surface area contributed by atoms with Crippen LogP contribution in [0, 0.1) is 0 Å². The summed E-state index contributed by atoms with van der Waals surface area (Å²) in [7, 11) is 0. The molecule has 2 rings (SSSR count). The van der Waals surface area contributed by atoms with Gasteiger partial charge in [0, 0.05) is 36.5 Å². The second-order valence-corrected chi connectivity index (χ2v) is 6.30. The van der Waals surface area contributed by atoms with Crippen molar-refractivity contribution >= 4 is 11.8 Å². The zero-order valence-corrected chi connectivity index (χ0v) is 15.0. The fraction of sp³-hybridized carbons (Fsp3) is 0.400. The van der Waals surface area contributed by atoms with Crippen molar-refractivity contribution in [2.24, 2.45) is 0 Å². The van der Waals surface area contributed by atoms with E-state index in [1.807, 2.05) is 30.8 Å². The van der Waals surface area contributed by atoms with E-state index in [0.717, 1.165) is 5.56 Å². The summed E-state index contributed by atoms with van der Waals surface area (Å²) >= 11 is 0. The Morgan fingerprint density at radius 3 is 2.44 bits per heavy atom. The molecule has 0 saturated carbocycles. The van der Waals surface area contributed by atoms with Gasteiger partial charge >= 0.3 is 5.97 Å². The van der Waals surface area contributed by atoms with Gasteiger partial charge in [0.1, 0.15) is 5.75 Å². The van der Waals surface area contributed by atoms with Crippen molar-refractivity contribution in [2.45, 2.75) is 46.1 Å². The van der Waals surface area contributed by atoms with Crippen LogP contribution in [0.1, 0.15) is 61.0 Å². The lowest BCUT2D eigenvalue weighted by Crippen LogP contribution is -2.06. The molecule has 1 aromatic carbocycles. The van der Waals surface area contributed by atoms with Crippen molar-refractivity contribution in [3.63, 3.8) is 0 Å². The first kappa shape index (κ1) is 18.8. The molecule has 0 bridgehead atoms. The first-order valence-electron chi connectivity index (χ1n) is 8.61. The van der Waals surface area contributed by atoms with Crippen molar-refractivity contribution in [1.29, 1.82) is 0 Å². The average Bonchev–Trinajstić information content (AvgIpc) is 2.99. The maximum absolute atomic E-state index is 12.8. The topological polar surface area (TPSA) is 68.5 Å². The highest BCUT2D eigenvalue weighted by Gasteiger charge is 2.18. The van der Waals surface area contributed by atoms with Crippen LogP contribution in [0.4, 0.5) is 0 Å². The number of aromatic nitrogens is 1. The number of phenols is 1. The lowest BCUT2D eigenvalue weighted by molar-refractivity contribution is -0.143. The van der Waals surface area contributed by atoms with Crippen LogP contribution >= 0.6 is 0 Å². The minimum Gasteiger partial charge on any atom is -0.508 e. The monoisotopic (exact) mass is 343 g/mol. The van der Waals surface area contributed by atoms with E-state index in [0.29, 0.717) is 37.1 Å². The van der Waals surface area contributed by atoms with Gasteiger partial charge in [0.2, 0.25) is 0 Å². The lowest BCUT2D eigenvalue weighted by atomic mass is 9.96. The van der Waals surface area contributed by atoms with Crippen LogP contribution in [0.15, 0.2) is 36.7 Å². The highest BCUT2D eigenvalue weighted by atomic mass is 16.5. The summed E-state index contributed by atoms with van der Waals surface area (Å²) < 4.78 is 6.89. The second kappa shape index (κ2) is 8.51. The third-order valence-electron chi connectivity index (χ3n) is 4.01. The summed E-state index contributed by atoms with van der Waals surface area (Å²) in [5, 5.41) is 9.38. The number of hydrogen-bond donors (Lipinski definition) is 1. The number of ketones is 1. The van der Waals surface area contributed by atoms with Gasteiger partial charge in [-0.1, -0.05) is 13.8 Å².